The van der Waals surface area contributed by atoms with E-state index in [4.69, 9.17) is 5.84 Å². The van der Waals surface area contributed by atoms with Gasteiger partial charge < -0.3 is 5.84 Å². The maximum atomic E-state index is 4.94. The van der Waals surface area contributed by atoms with Gasteiger partial charge in [0.1, 0.15) is 0 Å². The number of hydrogen-bond acceptors (Lipinski definition) is 3. The van der Waals surface area contributed by atoms with Crippen LogP contribution in [0.25, 0.3) is 0 Å². The van der Waals surface area contributed by atoms with Gasteiger partial charge in [-0.2, -0.15) is 5.10 Å². The van der Waals surface area contributed by atoms with Gasteiger partial charge in [0.2, 0.25) is 0 Å². The molecule has 0 unspecified atom stereocenters. The van der Waals surface area contributed by atoms with Gasteiger partial charge in [-0.3, -0.25) is 4.99 Å². The summed E-state index contributed by atoms with van der Waals surface area (Å²) in [5, 5.41) is 3.33. The van der Waals surface area contributed by atoms with E-state index in [1.807, 2.05) is 26.0 Å². The zero-order valence-electron chi connectivity index (χ0n) is 7.86. The van der Waals surface area contributed by atoms with Crippen molar-refractivity contribution in [2.45, 2.75) is 13.8 Å². The Morgan fingerprint density at radius 3 is 2.69 bits per heavy atom. The molecular formula is C10H13N3. The topological polar surface area (TPSA) is 50.7 Å². The summed E-state index contributed by atoms with van der Waals surface area (Å²) < 4.78 is 0. The molecule has 0 fully saturated rings. The van der Waals surface area contributed by atoms with Gasteiger partial charge in [-0.25, -0.2) is 0 Å². The number of benzene rings is 1. The molecule has 0 saturated carbocycles. The van der Waals surface area contributed by atoms with Crippen molar-refractivity contribution in [1.82, 2.24) is 0 Å². The number of hydrazone groups is 1. The predicted molar refractivity (Wildman–Crippen MR) is 56.7 cm³/mol. The SMILES string of the molecule is Cc1ccc(C)c(N=C/C=N\N)c1. The molecule has 0 spiro atoms. The van der Waals surface area contributed by atoms with Gasteiger partial charge in [-0.1, -0.05) is 12.1 Å². The molecule has 1 aromatic carbocycles. The standard InChI is InChI=1S/C10H13N3/c1-8-3-4-9(2)10(7-8)12-5-6-13-11/h3-7H,11H2,1-2H3/b12-5?,13-6-. The van der Waals surface area contributed by atoms with Crippen LogP contribution in [-0.4, -0.2) is 12.4 Å². The van der Waals surface area contributed by atoms with Crippen LogP contribution < -0.4 is 5.84 Å². The Hall–Kier alpha value is -1.64. The predicted octanol–water partition coefficient (Wildman–Crippen LogP) is 1.95. The van der Waals surface area contributed by atoms with Gasteiger partial charge in [-0.15, -0.1) is 0 Å². The average Bonchev–Trinajstić information content (AvgIpc) is 2.11. The van der Waals surface area contributed by atoms with Crippen LogP contribution in [0.4, 0.5) is 5.69 Å². The maximum absolute atomic E-state index is 4.94. The quantitative estimate of drug-likeness (QED) is 0.417. The minimum absolute atomic E-state index is 0.958. The van der Waals surface area contributed by atoms with E-state index >= 15 is 0 Å². The normalized spacial score (nSPS) is 11.5. The van der Waals surface area contributed by atoms with Crippen molar-refractivity contribution >= 4 is 18.1 Å². The highest BCUT2D eigenvalue weighted by molar-refractivity contribution is 6.16. The Labute approximate surface area is 78.0 Å². The van der Waals surface area contributed by atoms with Crippen molar-refractivity contribution in [3.63, 3.8) is 0 Å². The second-order valence-electron chi connectivity index (χ2n) is 2.87. The highest BCUT2D eigenvalue weighted by atomic mass is 15.1. The first kappa shape index (κ1) is 9.45. The van der Waals surface area contributed by atoms with Crippen LogP contribution in [0.2, 0.25) is 0 Å². The summed E-state index contributed by atoms with van der Waals surface area (Å²) in [4.78, 5) is 4.20. The summed E-state index contributed by atoms with van der Waals surface area (Å²) in [5.41, 5.74) is 3.30. The van der Waals surface area contributed by atoms with E-state index in [2.05, 4.69) is 16.2 Å². The molecule has 0 amide bonds. The Bertz CT molecular complexity index is 340. The highest BCUT2D eigenvalue weighted by Crippen LogP contribution is 2.18. The third-order valence-corrected chi connectivity index (χ3v) is 1.73. The molecule has 1 rings (SSSR count). The molecule has 0 aliphatic heterocycles. The van der Waals surface area contributed by atoms with Crippen molar-refractivity contribution in [1.29, 1.82) is 0 Å². The van der Waals surface area contributed by atoms with Crippen LogP contribution in [-0.2, 0) is 0 Å². The molecule has 1 aromatic rings. The number of aryl methyl sites for hydroxylation is 2. The van der Waals surface area contributed by atoms with E-state index in [1.165, 1.54) is 11.8 Å². The molecular weight excluding hydrogens is 162 g/mol. The van der Waals surface area contributed by atoms with Crippen LogP contribution in [0.15, 0.2) is 28.3 Å². The maximum Gasteiger partial charge on any atom is 0.0662 e. The minimum atomic E-state index is 0.958. The third-order valence-electron chi connectivity index (χ3n) is 1.73. The molecule has 13 heavy (non-hydrogen) atoms. The average molecular weight is 175 g/mol. The molecule has 3 heteroatoms. The number of nitrogens with two attached hydrogens (primary N) is 1. The summed E-state index contributed by atoms with van der Waals surface area (Å²) in [6.07, 6.45) is 3.05. The van der Waals surface area contributed by atoms with Crippen molar-refractivity contribution in [3.8, 4) is 0 Å². The zero-order valence-corrected chi connectivity index (χ0v) is 7.86. The van der Waals surface area contributed by atoms with E-state index in [9.17, 15) is 0 Å². The fourth-order valence-electron chi connectivity index (χ4n) is 1.01. The Kier molecular flexibility index (Phi) is 3.20. The number of aliphatic imine (C=N–C) groups is 1. The number of nitrogens with zero attached hydrogens (tertiary/aromatic N) is 2. The second kappa shape index (κ2) is 4.40. The molecule has 0 atom stereocenters. The lowest BCUT2D eigenvalue weighted by atomic mass is 10.1. The zero-order chi connectivity index (χ0) is 9.68. The minimum Gasteiger partial charge on any atom is -0.323 e. The molecule has 2 N–H and O–H groups in total. The first-order chi connectivity index (χ1) is 6.24. The van der Waals surface area contributed by atoms with Crippen LogP contribution in [0.5, 0.6) is 0 Å². The van der Waals surface area contributed by atoms with Gasteiger partial charge in [0, 0.05) is 6.21 Å². The molecule has 3 nitrogen and oxygen atoms in total. The molecule has 0 radical (unpaired) electrons. The molecule has 0 bridgehead atoms. The monoisotopic (exact) mass is 175 g/mol. The molecule has 0 aliphatic rings. The van der Waals surface area contributed by atoms with Gasteiger partial charge in [-0.05, 0) is 31.0 Å². The second-order valence-corrected chi connectivity index (χ2v) is 2.87. The smallest absolute Gasteiger partial charge is 0.0662 e. The number of hydrogen-bond donors (Lipinski definition) is 1. The van der Waals surface area contributed by atoms with E-state index in [0.717, 1.165) is 11.3 Å². The number of rotatable bonds is 2. The summed E-state index contributed by atoms with van der Waals surface area (Å²) in [5.74, 6) is 4.94. The van der Waals surface area contributed by atoms with Crippen LogP contribution in [0, 0.1) is 13.8 Å². The third kappa shape index (κ3) is 2.71. The summed E-state index contributed by atoms with van der Waals surface area (Å²) >= 11 is 0. The summed E-state index contributed by atoms with van der Waals surface area (Å²) in [6.45, 7) is 4.06. The van der Waals surface area contributed by atoms with E-state index in [-0.39, 0.29) is 0 Å². The fraction of sp³-hybridized carbons (Fsp3) is 0.200. The van der Waals surface area contributed by atoms with E-state index in [0.29, 0.717) is 0 Å². The van der Waals surface area contributed by atoms with Crippen LogP contribution in [0.3, 0.4) is 0 Å². The molecule has 0 saturated heterocycles. The van der Waals surface area contributed by atoms with Crippen LogP contribution in [0.1, 0.15) is 11.1 Å². The van der Waals surface area contributed by atoms with Crippen molar-refractivity contribution in [3.05, 3.63) is 29.3 Å². The van der Waals surface area contributed by atoms with Crippen molar-refractivity contribution in [2.75, 3.05) is 0 Å². The lowest BCUT2D eigenvalue weighted by Gasteiger charge is -1.99. The fourth-order valence-corrected chi connectivity index (χ4v) is 1.01. The first-order valence-corrected chi connectivity index (χ1v) is 4.07. The Morgan fingerprint density at radius 1 is 1.23 bits per heavy atom. The molecule has 0 heterocycles. The van der Waals surface area contributed by atoms with Gasteiger partial charge in [0.15, 0.2) is 0 Å². The summed E-state index contributed by atoms with van der Waals surface area (Å²) in [6, 6.07) is 6.13. The summed E-state index contributed by atoms with van der Waals surface area (Å²) in [7, 11) is 0. The Balaban J connectivity index is 2.93. The largest absolute Gasteiger partial charge is 0.323 e. The highest BCUT2D eigenvalue weighted by Gasteiger charge is 1.93. The van der Waals surface area contributed by atoms with E-state index in [1.54, 1.807) is 6.21 Å². The lowest BCUT2D eigenvalue weighted by Crippen LogP contribution is -1.84. The molecule has 0 aromatic heterocycles. The van der Waals surface area contributed by atoms with Crippen molar-refractivity contribution < 1.29 is 0 Å². The molecule has 68 valence electrons. The lowest BCUT2D eigenvalue weighted by molar-refractivity contribution is 1.27. The Morgan fingerprint density at radius 2 is 2.00 bits per heavy atom. The first-order valence-electron chi connectivity index (χ1n) is 4.07. The molecule has 0 aliphatic carbocycles. The van der Waals surface area contributed by atoms with Crippen LogP contribution >= 0.6 is 0 Å². The van der Waals surface area contributed by atoms with E-state index < -0.39 is 0 Å². The van der Waals surface area contributed by atoms with Gasteiger partial charge in [0.25, 0.3) is 0 Å². The van der Waals surface area contributed by atoms with Crippen molar-refractivity contribution in [2.24, 2.45) is 15.9 Å². The van der Waals surface area contributed by atoms with Gasteiger partial charge in [0.05, 0.1) is 11.9 Å². The van der Waals surface area contributed by atoms with Gasteiger partial charge >= 0.3 is 0 Å².